The molecule has 1 atom stereocenters. The van der Waals surface area contributed by atoms with E-state index in [1.807, 2.05) is 17.3 Å². The third-order valence-corrected chi connectivity index (χ3v) is 5.48. The van der Waals surface area contributed by atoms with Gasteiger partial charge >= 0.3 is 6.03 Å². The first-order valence-corrected chi connectivity index (χ1v) is 9.52. The SMILES string of the molecule is CC[C@@H](CNC(=O)N1CCC(c2ccncc2)CC1)N1CCOCC1. The van der Waals surface area contributed by atoms with Gasteiger partial charge in [-0.15, -0.1) is 0 Å². The van der Waals surface area contributed by atoms with Crippen molar-refractivity contribution in [2.24, 2.45) is 0 Å². The van der Waals surface area contributed by atoms with Gasteiger partial charge in [-0.05, 0) is 42.9 Å². The lowest BCUT2D eigenvalue weighted by atomic mass is 9.90. The predicted molar refractivity (Wildman–Crippen MR) is 97.7 cm³/mol. The summed E-state index contributed by atoms with van der Waals surface area (Å²) >= 11 is 0. The average Bonchev–Trinajstić information content (AvgIpc) is 2.70. The standard InChI is InChI=1S/C19H30N4O2/c1-2-18(22-11-13-25-14-12-22)15-21-19(24)23-9-5-17(6-10-23)16-3-7-20-8-4-16/h3-4,7-8,17-18H,2,5-6,9-15H2,1H3,(H,21,24)/t18-/m0/s1. The third kappa shape index (κ3) is 4.92. The first-order valence-electron chi connectivity index (χ1n) is 9.52. The number of pyridine rings is 1. The van der Waals surface area contributed by atoms with Gasteiger partial charge in [0.05, 0.1) is 13.2 Å². The number of rotatable bonds is 5. The number of urea groups is 1. The number of amides is 2. The number of morpholine rings is 1. The van der Waals surface area contributed by atoms with Gasteiger partial charge in [-0.3, -0.25) is 9.88 Å². The predicted octanol–water partition coefficient (Wildman–Crippen LogP) is 2.08. The Hall–Kier alpha value is -1.66. The van der Waals surface area contributed by atoms with Crippen LogP contribution in [0.3, 0.4) is 0 Å². The number of aromatic nitrogens is 1. The molecule has 1 aromatic heterocycles. The highest BCUT2D eigenvalue weighted by atomic mass is 16.5. The van der Waals surface area contributed by atoms with Crippen molar-refractivity contribution in [1.82, 2.24) is 20.1 Å². The van der Waals surface area contributed by atoms with Crippen molar-refractivity contribution in [1.29, 1.82) is 0 Å². The Morgan fingerprint density at radius 2 is 1.92 bits per heavy atom. The molecule has 0 aromatic carbocycles. The van der Waals surface area contributed by atoms with Crippen LogP contribution in [0.25, 0.3) is 0 Å². The molecule has 0 unspecified atom stereocenters. The normalized spacial score (nSPS) is 21.1. The maximum absolute atomic E-state index is 12.5. The number of nitrogens with zero attached hydrogens (tertiary/aromatic N) is 3. The summed E-state index contributed by atoms with van der Waals surface area (Å²) < 4.78 is 5.42. The molecule has 2 saturated heterocycles. The van der Waals surface area contributed by atoms with Gasteiger partial charge in [0.15, 0.2) is 0 Å². The maximum Gasteiger partial charge on any atom is 0.317 e. The monoisotopic (exact) mass is 346 g/mol. The van der Waals surface area contributed by atoms with E-state index >= 15 is 0 Å². The Morgan fingerprint density at radius 3 is 2.56 bits per heavy atom. The molecule has 138 valence electrons. The van der Waals surface area contributed by atoms with E-state index in [1.54, 1.807) is 0 Å². The van der Waals surface area contributed by atoms with Crippen LogP contribution < -0.4 is 5.32 Å². The minimum atomic E-state index is 0.0832. The lowest BCUT2D eigenvalue weighted by Gasteiger charge is -2.35. The zero-order valence-corrected chi connectivity index (χ0v) is 15.2. The van der Waals surface area contributed by atoms with Crippen LogP contribution in [0.15, 0.2) is 24.5 Å². The van der Waals surface area contributed by atoms with Crippen molar-refractivity contribution < 1.29 is 9.53 Å². The smallest absolute Gasteiger partial charge is 0.317 e. The van der Waals surface area contributed by atoms with Gasteiger partial charge in [0.1, 0.15) is 0 Å². The van der Waals surface area contributed by atoms with E-state index in [-0.39, 0.29) is 6.03 Å². The summed E-state index contributed by atoms with van der Waals surface area (Å²) in [5, 5.41) is 3.15. The molecule has 6 heteroatoms. The van der Waals surface area contributed by atoms with Gasteiger partial charge in [0, 0.05) is 51.2 Å². The molecule has 0 radical (unpaired) electrons. The summed E-state index contributed by atoms with van der Waals surface area (Å²) in [6.45, 7) is 8.09. The first kappa shape index (κ1) is 18.1. The Labute approximate surface area is 150 Å². The number of piperidine rings is 1. The molecule has 2 amide bonds. The molecule has 3 rings (SSSR count). The summed E-state index contributed by atoms with van der Waals surface area (Å²) in [6, 6.07) is 4.67. The maximum atomic E-state index is 12.5. The summed E-state index contributed by atoms with van der Waals surface area (Å²) in [6.07, 6.45) is 6.80. The van der Waals surface area contributed by atoms with Crippen LogP contribution in [-0.4, -0.2) is 72.8 Å². The Bertz CT molecular complexity index is 525. The summed E-state index contributed by atoms with van der Waals surface area (Å²) in [7, 11) is 0. The van der Waals surface area contributed by atoms with Gasteiger partial charge in [-0.1, -0.05) is 6.92 Å². The highest BCUT2D eigenvalue weighted by Gasteiger charge is 2.25. The van der Waals surface area contributed by atoms with Crippen LogP contribution >= 0.6 is 0 Å². The number of hydrogen-bond donors (Lipinski definition) is 1. The number of hydrogen-bond acceptors (Lipinski definition) is 4. The lowest BCUT2D eigenvalue weighted by Crippen LogP contribution is -2.51. The molecule has 2 aliphatic heterocycles. The average molecular weight is 346 g/mol. The first-order chi connectivity index (χ1) is 12.3. The quantitative estimate of drug-likeness (QED) is 0.887. The molecule has 0 bridgehead atoms. The van der Waals surface area contributed by atoms with Gasteiger partial charge in [-0.25, -0.2) is 4.79 Å². The van der Waals surface area contributed by atoms with E-state index in [1.165, 1.54) is 5.56 Å². The van der Waals surface area contributed by atoms with Crippen LogP contribution in [0, 0.1) is 0 Å². The van der Waals surface area contributed by atoms with Crippen molar-refractivity contribution in [3.63, 3.8) is 0 Å². The fourth-order valence-corrected chi connectivity index (χ4v) is 3.84. The van der Waals surface area contributed by atoms with Crippen LogP contribution in [0.1, 0.15) is 37.7 Å². The fourth-order valence-electron chi connectivity index (χ4n) is 3.84. The number of ether oxygens (including phenoxy) is 1. The summed E-state index contributed by atoms with van der Waals surface area (Å²) in [5.74, 6) is 0.545. The third-order valence-electron chi connectivity index (χ3n) is 5.48. The molecule has 1 N–H and O–H groups in total. The minimum absolute atomic E-state index is 0.0832. The number of nitrogens with one attached hydrogen (secondary N) is 1. The molecule has 2 aliphatic rings. The van der Waals surface area contributed by atoms with E-state index < -0.39 is 0 Å². The topological polar surface area (TPSA) is 57.7 Å². The molecular formula is C19H30N4O2. The molecule has 0 spiro atoms. The van der Waals surface area contributed by atoms with Gasteiger partial charge in [-0.2, -0.15) is 0 Å². The number of carbonyl (C=O) groups is 1. The highest BCUT2D eigenvalue weighted by molar-refractivity contribution is 5.74. The van der Waals surface area contributed by atoms with Gasteiger partial charge < -0.3 is 15.0 Å². The number of carbonyl (C=O) groups excluding carboxylic acids is 1. The van der Waals surface area contributed by atoms with Gasteiger partial charge in [0.2, 0.25) is 0 Å². The second kappa shape index (κ2) is 9.15. The van der Waals surface area contributed by atoms with E-state index in [0.29, 0.717) is 12.0 Å². The Kier molecular flexibility index (Phi) is 6.64. The van der Waals surface area contributed by atoms with Crippen LogP contribution in [-0.2, 0) is 4.74 Å². The van der Waals surface area contributed by atoms with Crippen LogP contribution in [0.5, 0.6) is 0 Å². The van der Waals surface area contributed by atoms with Crippen molar-refractivity contribution in [3.05, 3.63) is 30.1 Å². The fraction of sp³-hybridized carbons (Fsp3) is 0.684. The molecule has 1 aromatic rings. The molecule has 2 fully saturated rings. The van der Waals surface area contributed by atoms with Crippen molar-refractivity contribution >= 4 is 6.03 Å². The van der Waals surface area contributed by atoms with Crippen molar-refractivity contribution in [2.75, 3.05) is 45.9 Å². The van der Waals surface area contributed by atoms with Crippen LogP contribution in [0.4, 0.5) is 4.79 Å². The molecule has 25 heavy (non-hydrogen) atoms. The van der Waals surface area contributed by atoms with E-state index in [9.17, 15) is 4.79 Å². The van der Waals surface area contributed by atoms with Gasteiger partial charge in [0.25, 0.3) is 0 Å². The highest BCUT2D eigenvalue weighted by Crippen LogP contribution is 2.27. The lowest BCUT2D eigenvalue weighted by molar-refractivity contribution is 0.0161. The molecule has 0 aliphatic carbocycles. The Morgan fingerprint density at radius 1 is 1.24 bits per heavy atom. The molecule has 3 heterocycles. The minimum Gasteiger partial charge on any atom is -0.379 e. The number of likely N-dealkylation sites (tertiary alicyclic amines) is 1. The van der Waals surface area contributed by atoms with E-state index in [4.69, 9.17) is 4.74 Å². The van der Waals surface area contributed by atoms with Crippen molar-refractivity contribution in [2.45, 2.75) is 38.1 Å². The van der Waals surface area contributed by atoms with E-state index in [2.05, 4.69) is 34.3 Å². The summed E-state index contributed by atoms with van der Waals surface area (Å²) in [5.41, 5.74) is 1.34. The Balaban J connectivity index is 1.43. The largest absolute Gasteiger partial charge is 0.379 e. The molecule has 0 saturated carbocycles. The zero-order chi connectivity index (χ0) is 17.5. The van der Waals surface area contributed by atoms with E-state index in [0.717, 1.165) is 65.2 Å². The summed E-state index contributed by atoms with van der Waals surface area (Å²) in [4.78, 5) is 21.0. The second-order valence-electron chi connectivity index (χ2n) is 6.94. The zero-order valence-electron chi connectivity index (χ0n) is 15.2. The molecular weight excluding hydrogens is 316 g/mol. The second-order valence-corrected chi connectivity index (χ2v) is 6.94. The molecule has 6 nitrogen and oxygen atoms in total. The van der Waals surface area contributed by atoms with Crippen molar-refractivity contribution in [3.8, 4) is 0 Å². The van der Waals surface area contributed by atoms with Crippen LogP contribution in [0.2, 0.25) is 0 Å².